The van der Waals surface area contributed by atoms with E-state index in [1.54, 1.807) is 29.8 Å². The van der Waals surface area contributed by atoms with Crippen molar-refractivity contribution < 1.29 is 4.74 Å². The molecule has 4 nitrogen and oxygen atoms in total. The van der Waals surface area contributed by atoms with E-state index in [4.69, 9.17) is 9.72 Å². The summed E-state index contributed by atoms with van der Waals surface area (Å²) in [5, 5.41) is 5.14. The summed E-state index contributed by atoms with van der Waals surface area (Å²) >= 11 is 5.20. The number of benzene rings is 2. The van der Waals surface area contributed by atoms with Crippen molar-refractivity contribution in [3.8, 4) is 17.0 Å². The molecule has 0 spiro atoms. The van der Waals surface area contributed by atoms with Crippen molar-refractivity contribution in [1.82, 2.24) is 9.97 Å². The number of nitrogens with zero attached hydrogens (tertiary/aromatic N) is 2. The predicted molar refractivity (Wildman–Crippen MR) is 107 cm³/mol. The van der Waals surface area contributed by atoms with Gasteiger partial charge >= 0.3 is 0 Å². The number of ether oxygens (including phenoxy) is 1. The summed E-state index contributed by atoms with van der Waals surface area (Å²) in [7, 11) is 1.68. The van der Waals surface area contributed by atoms with Gasteiger partial charge in [-0.3, -0.25) is 0 Å². The zero-order valence-electron chi connectivity index (χ0n) is 13.3. The molecule has 7 heteroatoms. The number of nitrogens with one attached hydrogen (secondary N) is 1. The van der Waals surface area contributed by atoms with Crippen molar-refractivity contribution in [2.45, 2.75) is 10.6 Å². The molecule has 0 radical (unpaired) electrons. The second kappa shape index (κ2) is 6.01. The van der Waals surface area contributed by atoms with Crippen molar-refractivity contribution in [2.24, 2.45) is 0 Å². The second-order valence-electron chi connectivity index (χ2n) is 5.55. The van der Waals surface area contributed by atoms with Gasteiger partial charge in [-0.15, -0.1) is 23.1 Å². The SMILES string of the molecule is COc1ccc2nc(Nc3nc4c(s3)CSc3ccccc3-4)sc2c1. The highest BCUT2D eigenvalue weighted by Crippen LogP contribution is 2.45. The van der Waals surface area contributed by atoms with Crippen LogP contribution in [0.25, 0.3) is 21.5 Å². The molecule has 1 N–H and O–H groups in total. The van der Waals surface area contributed by atoms with E-state index in [1.807, 2.05) is 30.0 Å². The first kappa shape index (κ1) is 15.2. The fourth-order valence-corrected chi connectivity index (χ4v) is 5.88. The number of hydrogen-bond donors (Lipinski definition) is 1. The number of rotatable bonds is 3. The molecule has 0 saturated carbocycles. The summed E-state index contributed by atoms with van der Waals surface area (Å²) in [5.41, 5.74) is 3.30. The molecular formula is C18H13N3OS3. The summed E-state index contributed by atoms with van der Waals surface area (Å²) in [5.74, 6) is 1.82. The van der Waals surface area contributed by atoms with E-state index in [0.29, 0.717) is 0 Å². The molecule has 25 heavy (non-hydrogen) atoms. The summed E-state index contributed by atoms with van der Waals surface area (Å²) in [6.45, 7) is 0. The molecule has 0 unspecified atom stereocenters. The van der Waals surface area contributed by atoms with Crippen LogP contribution in [0.2, 0.25) is 0 Å². The average molecular weight is 384 g/mol. The Kier molecular flexibility index (Phi) is 3.65. The number of aromatic nitrogens is 2. The Morgan fingerprint density at radius 1 is 1.04 bits per heavy atom. The first-order valence-electron chi connectivity index (χ1n) is 7.74. The van der Waals surface area contributed by atoms with Gasteiger partial charge < -0.3 is 10.1 Å². The van der Waals surface area contributed by atoms with E-state index < -0.39 is 0 Å². The van der Waals surface area contributed by atoms with Gasteiger partial charge in [0.15, 0.2) is 10.3 Å². The lowest BCUT2D eigenvalue weighted by atomic mass is 10.1. The van der Waals surface area contributed by atoms with Crippen LogP contribution in [-0.2, 0) is 5.75 Å². The van der Waals surface area contributed by atoms with Gasteiger partial charge in [-0.25, -0.2) is 9.97 Å². The Morgan fingerprint density at radius 3 is 2.84 bits per heavy atom. The molecule has 4 aromatic rings. The van der Waals surface area contributed by atoms with Crippen LogP contribution in [0.5, 0.6) is 5.75 Å². The predicted octanol–water partition coefficient (Wildman–Crippen LogP) is 5.78. The van der Waals surface area contributed by atoms with Crippen LogP contribution in [0.3, 0.4) is 0 Å². The Morgan fingerprint density at radius 2 is 1.92 bits per heavy atom. The lowest BCUT2D eigenvalue weighted by Gasteiger charge is -2.13. The van der Waals surface area contributed by atoms with Gasteiger partial charge in [0.25, 0.3) is 0 Å². The van der Waals surface area contributed by atoms with E-state index >= 15 is 0 Å². The largest absolute Gasteiger partial charge is 0.497 e. The quantitative estimate of drug-likeness (QED) is 0.486. The Labute approximate surface area is 156 Å². The van der Waals surface area contributed by atoms with Gasteiger partial charge in [0.2, 0.25) is 0 Å². The van der Waals surface area contributed by atoms with Gasteiger partial charge in [-0.1, -0.05) is 29.5 Å². The van der Waals surface area contributed by atoms with Crippen LogP contribution in [0.4, 0.5) is 10.3 Å². The Bertz CT molecular complexity index is 1090. The van der Waals surface area contributed by atoms with Gasteiger partial charge in [0, 0.05) is 21.1 Å². The third-order valence-electron chi connectivity index (χ3n) is 4.01. The molecule has 0 bridgehead atoms. The fourth-order valence-electron chi connectivity index (χ4n) is 2.82. The molecule has 1 aliphatic rings. The van der Waals surface area contributed by atoms with Gasteiger partial charge in [0.05, 0.1) is 23.0 Å². The zero-order valence-corrected chi connectivity index (χ0v) is 15.7. The molecule has 0 amide bonds. The topological polar surface area (TPSA) is 47.0 Å². The van der Waals surface area contributed by atoms with Crippen LogP contribution < -0.4 is 10.1 Å². The van der Waals surface area contributed by atoms with Gasteiger partial charge in [-0.2, -0.15) is 0 Å². The molecule has 2 aromatic carbocycles. The summed E-state index contributed by atoms with van der Waals surface area (Å²) < 4.78 is 6.39. The Hall–Kier alpha value is -2.09. The van der Waals surface area contributed by atoms with Crippen molar-refractivity contribution in [3.63, 3.8) is 0 Å². The number of anilines is 2. The van der Waals surface area contributed by atoms with Crippen LogP contribution in [0.15, 0.2) is 47.4 Å². The molecule has 5 rings (SSSR count). The maximum Gasteiger partial charge on any atom is 0.190 e. The molecule has 2 aromatic heterocycles. The summed E-state index contributed by atoms with van der Waals surface area (Å²) in [4.78, 5) is 12.1. The van der Waals surface area contributed by atoms with Crippen LogP contribution >= 0.6 is 34.4 Å². The van der Waals surface area contributed by atoms with Crippen molar-refractivity contribution in [2.75, 3.05) is 12.4 Å². The standard InChI is InChI=1S/C18H13N3OS3/c1-22-10-6-7-12-14(8-10)24-17(19-12)21-18-20-16-11-4-2-3-5-13(11)23-9-15(16)25-18/h2-8H,9H2,1H3,(H,19,20,21). The molecule has 0 saturated heterocycles. The van der Waals surface area contributed by atoms with Gasteiger partial charge in [-0.05, 0) is 24.3 Å². The minimum Gasteiger partial charge on any atom is -0.497 e. The minimum atomic E-state index is 0.848. The number of methoxy groups -OCH3 is 1. The summed E-state index contributed by atoms with van der Waals surface area (Å²) in [6.07, 6.45) is 0. The van der Waals surface area contributed by atoms with E-state index in [9.17, 15) is 0 Å². The molecule has 0 aliphatic carbocycles. The van der Waals surface area contributed by atoms with Crippen molar-refractivity contribution >= 4 is 54.9 Å². The fraction of sp³-hybridized carbons (Fsp3) is 0.111. The molecule has 1 aliphatic heterocycles. The normalized spacial score (nSPS) is 12.7. The first-order chi connectivity index (χ1) is 12.3. The third kappa shape index (κ3) is 2.68. The molecule has 3 heterocycles. The Balaban J connectivity index is 1.49. The highest BCUT2D eigenvalue weighted by atomic mass is 32.2. The lowest BCUT2D eigenvalue weighted by Crippen LogP contribution is -1.93. The molecule has 0 atom stereocenters. The van der Waals surface area contributed by atoms with Crippen LogP contribution in [-0.4, -0.2) is 17.1 Å². The molecule has 0 fully saturated rings. The van der Waals surface area contributed by atoms with E-state index in [0.717, 1.165) is 37.7 Å². The highest BCUT2D eigenvalue weighted by Gasteiger charge is 2.21. The lowest BCUT2D eigenvalue weighted by molar-refractivity contribution is 0.415. The average Bonchev–Trinajstić information content (AvgIpc) is 3.24. The maximum absolute atomic E-state index is 5.28. The van der Waals surface area contributed by atoms with E-state index in [-0.39, 0.29) is 0 Å². The van der Waals surface area contributed by atoms with Crippen molar-refractivity contribution in [1.29, 1.82) is 0 Å². The maximum atomic E-state index is 5.28. The van der Waals surface area contributed by atoms with Crippen LogP contribution in [0, 0.1) is 0 Å². The number of thioether (sulfide) groups is 1. The summed E-state index contributed by atoms with van der Waals surface area (Å²) in [6, 6.07) is 14.4. The smallest absolute Gasteiger partial charge is 0.190 e. The van der Waals surface area contributed by atoms with Gasteiger partial charge in [0.1, 0.15) is 5.75 Å². The molecule has 124 valence electrons. The third-order valence-corrected chi connectivity index (χ3v) is 7.19. The van der Waals surface area contributed by atoms with Crippen LogP contribution in [0.1, 0.15) is 4.88 Å². The van der Waals surface area contributed by atoms with Crippen molar-refractivity contribution in [3.05, 3.63) is 47.3 Å². The minimum absolute atomic E-state index is 0.848. The number of thiazole rings is 2. The zero-order chi connectivity index (χ0) is 16.8. The number of fused-ring (bicyclic) bond motifs is 4. The van der Waals surface area contributed by atoms with E-state index in [1.165, 1.54) is 15.3 Å². The highest BCUT2D eigenvalue weighted by molar-refractivity contribution is 7.98. The monoisotopic (exact) mass is 383 g/mol. The number of hydrogen-bond acceptors (Lipinski definition) is 7. The second-order valence-corrected chi connectivity index (χ2v) is 8.68. The molecular weight excluding hydrogens is 370 g/mol. The first-order valence-corrected chi connectivity index (χ1v) is 10.4. The van der Waals surface area contributed by atoms with E-state index in [2.05, 4.69) is 34.6 Å².